The van der Waals surface area contributed by atoms with Crippen molar-refractivity contribution in [2.24, 2.45) is 0 Å². The zero-order valence-electron chi connectivity index (χ0n) is 4.99. The first kappa shape index (κ1) is 7.21. The van der Waals surface area contributed by atoms with E-state index < -0.39 is 0 Å². The highest BCUT2D eigenvalue weighted by molar-refractivity contribution is 14.1. The van der Waals surface area contributed by atoms with Crippen LogP contribution in [0.2, 0.25) is 0 Å². The van der Waals surface area contributed by atoms with Crippen molar-refractivity contribution < 1.29 is 4.39 Å². The monoisotopic (exact) mass is 252 g/mol. The lowest BCUT2D eigenvalue weighted by Crippen LogP contribution is -2.07. The second-order valence-corrected chi connectivity index (χ2v) is 4.22. The predicted octanol–water partition coefficient (Wildman–Crippen LogP) is 0.421. The molecule has 0 heterocycles. The highest BCUT2D eigenvalue weighted by Gasteiger charge is 1.93. The van der Waals surface area contributed by atoms with Crippen LogP contribution < -0.4 is 5.19 Å². The molecule has 48 valence electrons. The largest absolute Gasteiger partial charge is 0.207 e. The number of benzene rings is 1. The Bertz CT molecular complexity index is 224. The molecule has 0 aliphatic carbocycles. The average molecular weight is 252 g/mol. The molecule has 0 aliphatic heterocycles. The topological polar surface area (TPSA) is 0 Å². The van der Waals surface area contributed by atoms with Crippen LogP contribution in [0.3, 0.4) is 0 Å². The molecule has 3 heteroatoms. The third-order valence-corrected chi connectivity index (χ3v) is 2.56. The molecule has 0 radical (unpaired) electrons. The number of hydrogen-bond acceptors (Lipinski definition) is 0. The van der Waals surface area contributed by atoms with Crippen molar-refractivity contribution in [2.75, 3.05) is 0 Å². The first-order valence-corrected chi connectivity index (χ1v) is 4.69. The summed E-state index contributed by atoms with van der Waals surface area (Å²) in [6, 6.07) is 5.17. The summed E-state index contributed by atoms with van der Waals surface area (Å²) in [4.78, 5) is 0. The summed E-state index contributed by atoms with van der Waals surface area (Å²) in [6.45, 7) is 0. The maximum Gasteiger partial charge on any atom is 0.121 e. The SMILES string of the molecule is Fc1ccc(I)cc1[SiH3]. The van der Waals surface area contributed by atoms with Crippen LogP contribution in [0.5, 0.6) is 0 Å². The lowest BCUT2D eigenvalue weighted by atomic mass is 10.3. The van der Waals surface area contributed by atoms with Gasteiger partial charge in [-0.15, -0.1) is 0 Å². The van der Waals surface area contributed by atoms with Crippen LogP contribution in [0.1, 0.15) is 0 Å². The molecule has 0 bridgehead atoms. The van der Waals surface area contributed by atoms with Gasteiger partial charge < -0.3 is 0 Å². The van der Waals surface area contributed by atoms with Crippen LogP contribution in [0.4, 0.5) is 4.39 Å². The van der Waals surface area contributed by atoms with Gasteiger partial charge in [0.2, 0.25) is 0 Å². The van der Waals surface area contributed by atoms with Crippen LogP contribution >= 0.6 is 22.6 Å². The number of rotatable bonds is 0. The summed E-state index contributed by atoms with van der Waals surface area (Å²) >= 11 is 2.18. The number of hydrogen-bond donors (Lipinski definition) is 0. The van der Waals surface area contributed by atoms with Crippen molar-refractivity contribution in [3.05, 3.63) is 27.6 Å². The van der Waals surface area contributed by atoms with Gasteiger partial charge in [0.15, 0.2) is 0 Å². The lowest BCUT2D eigenvalue weighted by molar-refractivity contribution is 0.636. The second kappa shape index (κ2) is 2.79. The van der Waals surface area contributed by atoms with Crippen LogP contribution in [0, 0.1) is 9.39 Å². The molecule has 1 rings (SSSR count). The minimum Gasteiger partial charge on any atom is -0.207 e. The Kier molecular flexibility index (Phi) is 2.23. The van der Waals surface area contributed by atoms with Gasteiger partial charge in [-0.3, -0.25) is 0 Å². The van der Waals surface area contributed by atoms with Gasteiger partial charge in [-0.2, -0.15) is 0 Å². The molecule has 0 spiro atoms. The Morgan fingerprint density at radius 2 is 2.11 bits per heavy atom. The van der Waals surface area contributed by atoms with E-state index in [0.717, 1.165) is 19.0 Å². The Morgan fingerprint density at radius 3 is 2.56 bits per heavy atom. The first-order chi connectivity index (χ1) is 4.20. The van der Waals surface area contributed by atoms with Crippen LogP contribution in [-0.4, -0.2) is 10.2 Å². The quantitative estimate of drug-likeness (QED) is 0.464. The molecule has 0 N–H and O–H groups in total. The van der Waals surface area contributed by atoms with E-state index in [1.807, 2.05) is 6.07 Å². The van der Waals surface area contributed by atoms with Gasteiger partial charge in [0, 0.05) is 13.8 Å². The third kappa shape index (κ3) is 1.75. The maximum atomic E-state index is 12.5. The average Bonchev–Trinajstić information content (AvgIpc) is 1.80. The fraction of sp³-hybridized carbons (Fsp3) is 0. The van der Waals surface area contributed by atoms with E-state index in [2.05, 4.69) is 22.6 Å². The molecule has 0 aliphatic rings. The lowest BCUT2D eigenvalue weighted by Gasteiger charge is -1.94. The molecular formula is C6H6FISi. The van der Waals surface area contributed by atoms with Crippen molar-refractivity contribution >= 4 is 38.0 Å². The summed E-state index contributed by atoms with van der Waals surface area (Å²) in [5.74, 6) is -0.0675. The van der Waals surface area contributed by atoms with Gasteiger partial charge in [-0.1, -0.05) is 0 Å². The van der Waals surface area contributed by atoms with Crippen molar-refractivity contribution in [3.8, 4) is 0 Å². The van der Waals surface area contributed by atoms with E-state index in [4.69, 9.17) is 0 Å². The van der Waals surface area contributed by atoms with E-state index >= 15 is 0 Å². The van der Waals surface area contributed by atoms with Crippen molar-refractivity contribution in [3.63, 3.8) is 0 Å². The molecule has 0 amide bonds. The minimum atomic E-state index is -0.0675. The normalized spacial score (nSPS) is 10.0. The third-order valence-electron chi connectivity index (χ3n) is 1.12. The Balaban J connectivity index is 3.17. The summed E-state index contributed by atoms with van der Waals surface area (Å²) in [5, 5.41) is 0.849. The Hall–Kier alpha value is 0.0969. The molecule has 0 saturated heterocycles. The minimum absolute atomic E-state index is 0.0675. The van der Waals surface area contributed by atoms with E-state index in [1.165, 1.54) is 6.07 Å². The van der Waals surface area contributed by atoms with Crippen molar-refractivity contribution in [1.82, 2.24) is 0 Å². The highest BCUT2D eigenvalue weighted by Crippen LogP contribution is 2.01. The Morgan fingerprint density at radius 1 is 1.44 bits per heavy atom. The molecular weight excluding hydrogens is 246 g/mol. The fourth-order valence-electron chi connectivity index (χ4n) is 0.608. The van der Waals surface area contributed by atoms with E-state index in [-0.39, 0.29) is 5.82 Å². The molecule has 0 fully saturated rings. The summed E-state index contributed by atoms with van der Waals surface area (Å²) < 4.78 is 13.6. The second-order valence-electron chi connectivity index (χ2n) is 1.89. The molecule has 9 heavy (non-hydrogen) atoms. The maximum absolute atomic E-state index is 12.5. The molecule has 0 unspecified atom stereocenters. The summed E-state index contributed by atoms with van der Waals surface area (Å²) in [6.07, 6.45) is 0. The summed E-state index contributed by atoms with van der Waals surface area (Å²) in [5.41, 5.74) is 0. The van der Waals surface area contributed by atoms with Crippen molar-refractivity contribution in [1.29, 1.82) is 0 Å². The molecule has 1 aromatic rings. The summed E-state index contributed by atoms with van der Waals surface area (Å²) in [7, 11) is 0.795. The highest BCUT2D eigenvalue weighted by atomic mass is 127. The van der Waals surface area contributed by atoms with Gasteiger partial charge in [0.25, 0.3) is 0 Å². The molecule has 0 nitrogen and oxygen atoms in total. The smallest absolute Gasteiger partial charge is 0.121 e. The van der Waals surface area contributed by atoms with Gasteiger partial charge in [0.1, 0.15) is 5.82 Å². The first-order valence-electron chi connectivity index (χ1n) is 2.62. The van der Waals surface area contributed by atoms with Crippen LogP contribution in [-0.2, 0) is 0 Å². The fourth-order valence-corrected chi connectivity index (χ4v) is 2.32. The van der Waals surface area contributed by atoms with Crippen molar-refractivity contribution in [2.45, 2.75) is 0 Å². The van der Waals surface area contributed by atoms with Crippen LogP contribution in [0.25, 0.3) is 0 Å². The standard InChI is InChI=1S/C6H6FISi/c7-5-2-1-4(8)3-6(5)9/h1-3H,9H3. The van der Waals surface area contributed by atoms with Crippen LogP contribution in [0.15, 0.2) is 18.2 Å². The number of halogens is 2. The van der Waals surface area contributed by atoms with E-state index in [0.29, 0.717) is 0 Å². The molecule has 0 atom stereocenters. The van der Waals surface area contributed by atoms with Gasteiger partial charge in [-0.25, -0.2) is 4.39 Å². The zero-order chi connectivity index (χ0) is 6.85. The zero-order valence-corrected chi connectivity index (χ0v) is 9.15. The van der Waals surface area contributed by atoms with Gasteiger partial charge in [0.05, 0.1) is 0 Å². The van der Waals surface area contributed by atoms with E-state index in [9.17, 15) is 4.39 Å². The van der Waals surface area contributed by atoms with Gasteiger partial charge in [-0.05, 0) is 46.0 Å². The molecule has 1 aromatic carbocycles. The Labute approximate surface area is 70.0 Å². The molecule has 0 aromatic heterocycles. The molecule has 0 saturated carbocycles. The van der Waals surface area contributed by atoms with E-state index in [1.54, 1.807) is 6.07 Å². The van der Waals surface area contributed by atoms with Gasteiger partial charge >= 0.3 is 0 Å². The predicted molar refractivity (Wildman–Crippen MR) is 48.7 cm³/mol.